The van der Waals surface area contributed by atoms with Gasteiger partial charge in [0, 0.05) is 12.7 Å². The maximum absolute atomic E-state index is 12.3. The van der Waals surface area contributed by atoms with E-state index in [0.29, 0.717) is 11.3 Å². The minimum Gasteiger partial charge on any atom is -0.478 e. The molecule has 0 bridgehead atoms. The second kappa shape index (κ2) is 4.83. The first kappa shape index (κ1) is 14.3. The Morgan fingerprint density at radius 1 is 1.44 bits per heavy atom. The van der Waals surface area contributed by atoms with E-state index in [1.165, 1.54) is 20.0 Å². The van der Waals surface area contributed by atoms with Crippen LogP contribution in [-0.2, 0) is 0 Å². The number of aryl methyl sites for hydroxylation is 2. The van der Waals surface area contributed by atoms with E-state index in [1.807, 2.05) is 0 Å². The van der Waals surface area contributed by atoms with Gasteiger partial charge in [0.1, 0.15) is 17.9 Å². The summed E-state index contributed by atoms with van der Waals surface area (Å²) >= 11 is 0. The van der Waals surface area contributed by atoms with Crippen molar-refractivity contribution in [3.63, 3.8) is 0 Å². The second-order valence-corrected chi connectivity index (χ2v) is 4.06. The molecule has 1 N–H and O–H groups in total. The number of anilines is 1. The van der Waals surface area contributed by atoms with Gasteiger partial charge in [-0.05, 0) is 25.5 Å². The highest BCUT2D eigenvalue weighted by molar-refractivity contribution is 5.95. The number of aromatic nitrogens is 1. The highest BCUT2D eigenvalue weighted by atomic mass is 19.4. The summed E-state index contributed by atoms with van der Waals surface area (Å²) in [7, 11) is 1.17. The molecule has 0 saturated carbocycles. The largest absolute Gasteiger partial charge is 0.478 e. The third-order valence-electron chi connectivity index (χ3n) is 2.32. The van der Waals surface area contributed by atoms with Gasteiger partial charge in [0.15, 0.2) is 0 Å². The van der Waals surface area contributed by atoms with E-state index in [9.17, 15) is 18.0 Å². The van der Waals surface area contributed by atoms with Crippen molar-refractivity contribution in [3.8, 4) is 0 Å². The van der Waals surface area contributed by atoms with Crippen LogP contribution in [0.2, 0.25) is 0 Å². The quantitative estimate of drug-likeness (QED) is 0.908. The first-order valence-electron chi connectivity index (χ1n) is 5.11. The third kappa shape index (κ3) is 3.35. The molecule has 0 saturated heterocycles. The molecule has 1 heterocycles. The van der Waals surface area contributed by atoms with Gasteiger partial charge in [0.05, 0.1) is 0 Å². The van der Waals surface area contributed by atoms with Gasteiger partial charge in [0.2, 0.25) is 0 Å². The van der Waals surface area contributed by atoms with Crippen LogP contribution in [0.25, 0.3) is 0 Å². The molecule has 1 aromatic rings. The van der Waals surface area contributed by atoms with Crippen molar-refractivity contribution in [2.45, 2.75) is 20.0 Å². The van der Waals surface area contributed by atoms with Gasteiger partial charge in [-0.3, -0.25) is 0 Å². The van der Waals surface area contributed by atoms with E-state index in [1.54, 1.807) is 6.92 Å². The summed E-state index contributed by atoms with van der Waals surface area (Å²) in [6.07, 6.45) is -4.41. The highest BCUT2D eigenvalue weighted by Gasteiger charge is 2.31. The zero-order valence-electron chi connectivity index (χ0n) is 10.2. The van der Waals surface area contributed by atoms with Crippen LogP contribution in [0, 0.1) is 13.8 Å². The van der Waals surface area contributed by atoms with Crippen LogP contribution in [-0.4, -0.2) is 35.8 Å². The number of hydrogen-bond donors (Lipinski definition) is 1. The van der Waals surface area contributed by atoms with Crippen LogP contribution in [0.15, 0.2) is 6.07 Å². The summed E-state index contributed by atoms with van der Waals surface area (Å²) in [6.45, 7) is 1.88. The Morgan fingerprint density at radius 2 is 2.00 bits per heavy atom. The van der Waals surface area contributed by atoms with Crippen molar-refractivity contribution in [1.29, 1.82) is 0 Å². The maximum atomic E-state index is 12.3. The van der Waals surface area contributed by atoms with Crippen molar-refractivity contribution in [3.05, 3.63) is 22.9 Å². The lowest BCUT2D eigenvalue weighted by molar-refractivity contribution is -0.119. The molecule has 0 unspecified atom stereocenters. The predicted molar refractivity (Wildman–Crippen MR) is 60.0 cm³/mol. The minimum absolute atomic E-state index is 0.169. The molecule has 0 spiro atoms. The van der Waals surface area contributed by atoms with Gasteiger partial charge in [-0.2, -0.15) is 13.2 Å². The Balaban J connectivity index is 3.26. The normalized spacial score (nSPS) is 11.4. The molecular formula is C11H13F3N2O2. The van der Waals surface area contributed by atoms with Gasteiger partial charge >= 0.3 is 12.1 Å². The molecule has 1 rings (SSSR count). The molecule has 0 aromatic carbocycles. The molecule has 4 nitrogen and oxygen atoms in total. The van der Waals surface area contributed by atoms with Crippen LogP contribution in [0.1, 0.15) is 21.6 Å². The number of rotatable bonds is 3. The average Bonchev–Trinajstić information content (AvgIpc) is 2.12. The van der Waals surface area contributed by atoms with Gasteiger partial charge in [-0.25, -0.2) is 9.78 Å². The Labute approximate surface area is 102 Å². The standard InChI is InChI=1S/C11H13F3N2O2/c1-6-4-7(2)15-9(8(6)10(17)18)16(3)5-11(12,13)14/h4H,5H2,1-3H3,(H,17,18). The molecule has 0 aliphatic rings. The molecule has 0 aliphatic carbocycles. The van der Waals surface area contributed by atoms with Crippen molar-refractivity contribution in [2.24, 2.45) is 0 Å². The Kier molecular flexibility index (Phi) is 3.83. The Bertz CT molecular complexity index is 472. The van der Waals surface area contributed by atoms with Crippen LogP contribution in [0.5, 0.6) is 0 Å². The summed E-state index contributed by atoms with van der Waals surface area (Å²) in [5.74, 6) is -1.46. The van der Waals surface area contributed by atoms with E-state index in [4.69, 9.17) is 5.11 Å². The number of carboxylic acids is 1. The minimum atomic E-state index is -4.41. The van der Waals surface area contributed by atoms with E-state index < -0.39 is 18.7 Å². The summed E-state index contributed by atoms with van der Waals surface area (Å²) in [6, 6.07) is 1.52. The fraction of sp³-hybridized carbons (Fsp3) is 0.455. The monoisotopic (exact) mass is 262 g/mol. The van der Waals surface area contributed by atoms with Crippen molar-refractivity contribution >= 4 is 11.8 Å². The Morgan fingerprint density at radius 3 is 2.44 bits per heavy atom. The number of aromatic carboxylic acids is 1. The number of hydrogen-bond acceptors (Lipinski definition) is 3. The third-order valence-corrected chi connectivity index (χ3v) is 2.32. The molecule has 0 radical (unpaired) electrons. The van der Waals surface area contributed by atoms with Crippen LogP contribution in [0.3, 0.4) is 0 Å². The van der Waals surface area contributed by atoms with Crippen molar-refractivity contribution in [2.75, 3.05) is 18.5 Å². The van der Waals surface area contributed by atoms with E-state index >= 15 is 0 Å². The first-order chi connectivity index (χ1) is 8.11. The van der Waals surface area contributed by atoms with Gasteiger partial charge in [-0.15, -0.1) is 0 Å². The van der Waals surface area contributed by atoms with E-state index in [0.717, 1.165) is 4.90 Å². The predicted octanol–water partition coefficient (Wildman–Crippen LogP) is 2.40. The fourth-order valence-corrected chi connectivity index (χ4v) is 1.70. The van der Waals surface area contributed by atoms with E-state index in [2.05, 4.69) is 4.98 Å². The highest BCUT2D eigenvalue weighted by Crippen LogP contribution is 2.25. The number of pyridine rings is 1. The topological polar surface area (TPSA) is 53.4 Å². The van der Waals surface area contributed by atoms with Gasteiger partial charge < -0.3 is 10.0 Å². The molecule has 1 aromatic heterocycles. The molecule has 18 heavy (non-hydrogen) atoms. The molecular weight excluding hydrogens is 249 g/mol. The lowest BCUT2D eigenvalue weighted by Crippen LogP contribution is -2.33. The number of alkyl halides is 3. The van der Waals surface area contributed by atoms with Crippen LogP contribution < -0.4 is 4.90 Å². The van der Waals surface area contributed by atoms with Gasteiger partial charge in [-0.1, -0.05) is 0 Å². The fourth-order valence-electron chi connectivity index (χ4n) is 1.70. The summed E-state index contributed by atoms with van der Waals surface area (Å²) in [5, 5.41) is 9.04. The van der Waals surface area contributed by atoms with Crippen LogP contribution in [0.4, 0.5) is 19.0 Å². The summed E-state index contributed by atoms with van der Waals surface area (Å²) < 4.78 is 36.9. The molecule has 0 fully saturated rings. The summed E-state index contributed by atoms with van der Waals surface area (Å²) in [5.41, 5.74) is 0.660. The zero-order valence-corrected chi connectivity index (χ0v) is 10.2. The number of carboxylic acid groups (broad SMARTS) is 1. The lowest BCUT2D eigenvalue weighted by atomic mass is 10.1. The second-order valence-electron chi connectivity index (χ2n) is 4.06. The molecule has 7 heteroatoms. The van der Waals surface area contributed by atoms with Crippen LogP contribution >= 0.6 is 0 Å². The molecule has 0 aliphatic heterocycles. The molecule has 0 amide bonds. The average molecular weight is 262 g/mol. The van der Waals surface area contributed by atoms with E-state index in [-0.39, 0.29) is 11.4 Å². The molecule has 100 valence electrons. The van der Waals surface area contributed by atoms with Crippen molar-refractivity contribution in [1.82, 2.24) is 4.98 Å². The Hall–Kier alpha value is -1.79. The smallest absolute Gasteiger partial charge is 0.405 e. The van der Waals surface area contributed by atoms with Gasteiger partial charge in [0.25, 0.3) is 0 Å². The number of carbonyl (C=O) groups is 1. The summed E-state index contributed by atoms with van der Waals surface area (Å²) in [4.78, 5) is 15.8. The SMILES string of the molecule is Cc1cc(C)c(C(=O)O)c(N(C)CC(F)(F)F)n1. The zero-order chi connectivity index (χ0) is 14.1. The lowest BCUT2D eigenvalue weighted by Gasteiger charge is -2.22. The maximum Gasteiger partial charge on any atom is 0.405 e. The van der Waals surface area contributed by atoms with Crippen molar-refractivity contribution < 1.29 is 23.1 Å². The number of nitrogens with zero attached hydrogens (tertiary/aromatic N) is 2. The number of halogens is 3. The molecule has 0 atom stereocenters. The first-order valence-corrected chi connectivity index (χ1v) is 5.11.